The fraction of sp³-hybridized carbons (Fsp3) is 0.550. The van der Waals surface area contributed by atoms with E-state index in [1.54, 1.807) is 29.8 Å². The fourth-order valence-corrected chi connectivity index (χ4v) is 11.0. The Morgan fingerprint density at radius 2 is 1.59 bits per heavy atom. The van der Waals surface area contributed by atoms with Gasteiger partial charge in [-0.25, -0.2) is 9.98 Å². The van der Waals surface area contributed by atoms with Crippen LogP contribution in [0.15, 0.2) is 83.6 Å². The number of aliphatic imine (C=N–C) groups is 1. The summed E-state index contributed by atoms with van der Waals surface area (Å²) in [5, 5.41) is 22.9. The lowest BCUT2D eigenvalue weighted by Crippen LogP contribution is -2.68. The maximum Gasteiger partial charge on any atom is 0.416 e. The van der Waals surface area contributed by atoms with Crippen molar-refractivity contribution in [1.29, 1.82) is 0 Å². The zero-order valence-corrected chi connectivity index (χ0v) is 49.2. The number of aromatic nitrogens is 2. The molecular formula is C60H80F3N9O10S. The summed E-state index contributed by atoms with van der Waals surface area (Å²) < 4.78 is 69.9. The first-order chi connectivity index (χ1) is 39.7. The molecule has 7 rings (SSSR count). The number of rotatable bonds is 28. The van der Waals surface area contributed by atoms with Gasteiger partial charge in [0.15, 0.2) is 5.66 Å². The molecule has 3 aliphatic heterocycles. The van der Waals surface area contributed by atoms with Crippen molar-refractivity contribution < 1.29 is 61.1 Å². The fourth-order valence-electron chi connectivity index (χ4n) is 10.2. The van der Waals surface area contributed by atoms with Crippen LogP contribution in [0.4, 0.5) is 13.2 Å². The Hall–Kier alpha value is -6.18. The van der Waals surface area contributed by atoms with E-state index in [1.807, 2.05) is 87.2 Å². The molecule has 5 heterocycles. The predicted molar refractivity (Wildman–Crippen MR) is 309 cm³/mol. The molecule has 23 heteroatoms. The number of β-amino-alcohol motifs (C(OH)–C–C–N with tert-alkyl or cyclic N) is 1. The summed E-state index contributed by atoms with van der Waals surface area (Å²) in [5.74, 6) is -1.10. The van der Waals surface area contributed by atoms with Crippen molar-refractivity contribution in [2.75, 3.05) is 92.2 Å². The zero-order chi connectivity index (χ0) is 59.6. The lowest BCUT2D eigenvalue weighted by molar-refractivity contribution is -0.137. The van der Waals surface area contributed by atoms with E-state index in [0.29, 0.717) is 71.6 Å². The molecule has 2 aromatic carbocycles. The van der Waals surface area contributed by atoms with Crippen LogP contribution in [0.2, 0.25) is 0 Å². The van der Waals surface area contributed by atoms with Gasteiger partial charge in [0.25, 0.3) is 5.91 Å². The second kappa shape index (κ2) is 30.6. The molecule has 4 amide bonds. The van der Waals surface area contributed by atoms with Crippen LogP contribution in [0.5, 0.6) is 0 Å². The van der Waals surface area contributed by atoms with Gasteiger partial charge in [-0.2, -0.15) is 13.2 Å². The number of aliphatic hydroxyl groups excluding tert-OH is 1. The van der Waals surface area contributed by atoms with E-state index in [1.165, 1.54) is 12.1 Å². The highest BCUT2D eigenvalue weighted by atomic mass is 32.1. The largest absolute Gasteiger partial charge is 0.476 e. The highest BCUT2D eigenvalue weighted by molar-refractivity contribution is 7.13. The number of carbonyl (C=O) groups excluding carboxylic acids is 4. The van der Waals surface area contributed by atoms with Crippen LogP contribution in [0.3, 0.4) is 0 Å². The Morgan fingerprint density at radius 1 is 0.867 bits per heavy atom. The highest BCUT2D eigenvalue weighted by Gasteiger charge is 2.48. The van der Waals surface area contributed by atoms with Gasteiger partial charge in [0.1, 0.15) is 13.2 Å². The number of benzene rings is 2. The van der Waals surface area contributed by atoms with Crippen molar-refractivity contribution in [3.63, 3.8) is 0 Å². The van der Waals surface area contributed by atoms with Gasteiger partial charge in [-0.15, -0.1) is 11.3 Å². The molecule has 4 aromatic rings. The van der Waals surface area contributed by atoms with Gasteiger partial charge in [-0.1, -0.05) is 63.6 Å². The highest BCUT2D eigenvalue weighted by Crippen LogP contribution is 2.37. The molecular weight excluding hydrogens is 1100 g/mol. The molecule has 3 aliphatic rings. The number of alkyl halides is 3. The predicted octanol–water partition coefficient (Wildman–Crippen LogP) is 7.03. The monoisotopic (exact) mass is 1180 g/mol. The number of nitrogens with zero attached hydrogens (tertiary/aromatic N) is 5. The summed E-state index contributed by atoms with van der Waals surface area (Å²) in [6.45, 7) is 15.4. The summed E-state index contributed by atoms with van der Waals surface area (Å²) in [6, 6.07) is 15.0. The topological polar surface area (TPSA) is 227 Å². The molecule has 452 valence electrons. The van der Waals surface area contributed by atoms with Gasteiger partial charge in [0.2, 0.25) is 23.6 Å². The maximum absolute atomic E-state index is 13.9. The minimum absolute atomic E-state index is 0.0358. The quantitative estimate of drug-likeness (QED) is 0.0360. The number of pyridine rings is 1. The van der Waals surface area contributed by atoms with Gasteiger partial charge in [0.05, 0.1) is 86.1 Å². The van der Waals surface area contributed by atoms with Crippen molar-refractivity contribution in [1.82, 2.24) is 41.0 Å². The standard InChI is InChI=1S/C60H80F3N9O10S/c1-40(43-16-18-44(19-17-43)54-42(3)67-39-83-54)68-56(77)50-33-48(73)36-71(50)37-51(58(4,5)6)69-52(74)15-8-7-9-20-65-53(75)38-81-29-28-79-26-27-80-30-31-82-57-59(72-22-24-78-25-23-72,34-46(35-66-57)49-14-11-21-64-41(49)2)70-55(76)45-12-10-13-47(32-45)60(61,62)63/h10-14,16-19,21,32,35,39-40,48,50-51,73H,7-9,15,20,22-31,33-34,36-38H2,1-6H3,(H,65,75)(H,68,77)(H,69,74)(H,70,76)/t40?,48-,50+,51?,59?/m1/s1. The van der Waals surface area contributed by atoms with Gasteiger partial charge >= 0.3 is 6.18 Å². The number of unbranched alkanes of at least 4 members (excludes halogenated alkanes) is 2. The second-order valence-electron chi connectivity index (χ2n) is 22.1. The first kappa shape index (κ1) is 64.4. The summed E-state index contributed by atoms with van der Waals surface area (Å²) in [7, 11) is 0. The van der Waals surface area contributed by atoms with E-state index >= 15 is 0 Å². The number of hydrogen-bond donors (Lipinski definition) is 5. The van der Waals surface area contributed by atoms with Crippen molar-refractivity contribution in [3.05, 3.63) is 112 Å². The third-order valence-electron chi connectivity index (χ3n) is 14.9. The van der Waals surface area contributed by atoms with Crippen LogP contribution in [0.25, 0.3) is 16.0 Å². The molecule has 2 saturated heterocycles. The Labute approximate surface area is 488 Å². The van der Waals surface area contributed by atoms with Crippen molar-refractivity contribution in [3.8, 4) is 10.4 Å². The number of hydrogen-bond acceptors (Lipinski definition) is 16. The lowest BCUT2D eigenvalue weighted by Gasteiger charge is -2.47. The second-order valence-corrected chi connectivity index (χ2v) is 23.0. The average Bonchev–Trinajstić information content (AvgIpc) is 3.10. The van der Waals surface area contributed by atoms with Crippen molar-refractivity contribution in [2.24, 2.45) is 10.4 Å². The minimum Gasteiger partial charge on any atom is -0.476 e. The minimum atomic E-state index is -4.64. The van der Waals surface area contributed by atoms with Crippen molar-refractivity contribution >= 4 is 46.4 Å². The van der Waals surface area contributed by atoms with Crippen LogP contribution >= 0.6 is 11.3 Å². The van der Waals surface area contributed by atoms with Crippen LogP contribution in [-0.4, -0.2) is 170 Å². The van der Waals surface area contributed by atoms with E-state index in [2.05, 4.69) is 31.2 Å². The molecule has 0 bridgehead atoms. The molecule has 19 nitrogen and oxygen atoms in total. The average molecular weight is 1180 g/mol. The number of ether oxygens (including phenoxy) is 5. The van der Waals surface area contributed by atoms with Gasteiger partial charge < -0.3 is 50.1 Å². The van der Waals surface area contributed by atoms with Gasteiger partial charge in [-0.3, -0.25) is 34.0 Å². The van der Waals surface area contributed by atoms with Crippen molar-refractivity contribution in [2.45, 2.75) is 116 Å². The number of nitrogens with one attached hydrogen (secondary N) is 4. The Bertz CT molecular complexity index is 2840. The summed E-state index contributed by atoms with van der Waals surface area (Å²) in [5.41, 5.74) is 4.32. The van der Waals surface area contributed by atoms with Gasteiger partial charge in [-0.05, 0) is 86.4 Å². The molecule has 0 radical (unpaired) electrons. The first-order valence-corrected chi connectivity index (χ1v) is 29.3. The summed E-state index contributed by atoms with van der Waals surface area (Å²) in [4.78, 5) is 71.8. The number of likely N-dealkylation sites (tertiary alicyclic amines) is 1. The molecule has 83 heavy (non-hydrogen) atoms. The van der Waals surface area contributed by atoms with E-state index in [4.69, 9.17) is 28.7 Å². The molecule has 5 atom stereocenters. The van der Waals surface area contributed by atoms with E-state index in [0.717, 1.165) is 57.1 Å². The van der Waals surface area contributed by atoms with Gasteiger partial charge in [0, 0.05) is 80.8 Å². The summed E-state index contributed by atoms with van der Waals surface area (Å²) >= 11 is 1.59. The third-order valence-corrected chi connectivity index (χ3v) is 15.9. The number of thiazole rings is 1. The number of halogens is 3. The van der Waals surface area contributed by atoms with E-state index in [9.17, 15) is 37.5 Å². The number of aliphatic hydroxyl groups is 1. The van der Waals surface area contributed by atoms with E-state index < -0.39 is 35.5 Å². The maximum atomic E-state index is 13.9. The van der Waals surface area contributed by atoms with Crippen LogP contribution in [0, 0.1) is 19.3 Å². The summed E-state index contributed by atoms with van der Waals surface area (Å²) in [6.07, 6.45) is 0.855. The van der Waals surface area contributed by atoms with Crippen LogP contribution in [0.1, 0.15) is 111 Å². The molecule has 2 aromatic heterocycles. The number of amides is 4. The van der Waals surface area contributed by atoms with Crippen LogP contribution in [-0.2, 0) is 44.2 Å². The zero-order valence-electron chi connectivity index (χ0n) is 48.4. The van der Waals surface area contributed by atoms with E-state index in [-0.39, 0.29) is 99.4 Å². The molecule has 5 N–H and O–H groups in total. The molecule has 3 unspecified atom stereocenters. The van der Waals surface area contributed by atoms with Crippen LogP contribution < -0.4 is 21.3 Å². The number of aryl methyl sites for hydroxylation is 2. The molecule has 0 aliphatic carbocycles. The smallest absolute Gasteiger partial charge is 0.416 e. The molecule has 2 fully saturated rings. The number of morpholine rings is 1. The Kier molecular flexibility index (Phi) is 23.7. The normalized spacial score (nSPS) is 19.5. The third kappa shape index (κ3) is 18.7. The lowest BCUT2D eigenvalue weighted by atomic mass is 9.86. The molecule has 0 saturated carbocycles. The Morgan fingerprint density at radius 3 is 2.28 bits per heavy atom. The Balaban J connectivity index is 0.760. The SMILES string of the molecule is Cc1ncccc1C1=CN=C(OCCOCCOCCOCC(=O)NCCCCCC(=O)NC(CN2C[C@H](O)C[C@H]2C(=O)NC(C)c2ccc(-c3scnc3C)cc2)C(C)(C)C)C(NC(=O)c2cccc(C(F)(F)F)c2)(N2CCOCC2)C1. The first-order valence-electron chi connectivity index (χ1n) is 28.4. The molecule has 0 spiro atoms. The number of carbonyl (C=O) groups is 4.